The molecule has 0 spiro atoms. The van der Waals surface area contributed by atoms with E-state index in [0.29, 0.717) is 5.92 Å². The van der Waals surface area contributed by atoms with Gasteiger partial charge in [-0.25, -0.2) is 0 Å². The van der Waals surface area contributed by atoms with Crippen molar-refractivity contribution in [2.75, 3.05) is 0 Å². The fraction of sp³-hybridized carbons (Fsp3) is 0.667. The Bertz CT molecular complexity index is 223. The van der Waals surface area contributed by atoms with Crippen molar-refractivity contribution >= 4 is 0 Å². The quantitative estimate of drug-likeness (QED) is 0.528. The normalized spacial score (nSPS) is 7.44. The first-order valence-electron chi connectivity index (χ1n) is 7.33. The second-order valence-electron chi connectivity index (χ2n) is 3.21. The average molecular weight is 255 g/mol. The molecule has 0 heterocycles. The van der Waals surface area contributed by atoms with Crippen LogP contribution < -0.4 is 0 Å². The molecular weight excluding hydrogens is 216 g/mol. The number of hydrogen-bond donors (Lipinski definition) is 0. The zero-order valence-corrected chi connectivity index (χ0v) is 13.6. The third-order valence-electron chi connectivity index (χ3n) is 2.06. The van der Waals surface area contributed by atoms with E-state index in [1.54, 1.807) is 0 Å². The molecule has 0 aromatic heterocycles. The van der Waals surface area contributed by atoms with Gasteiger partial charge in [0.2, 0.25) is 0 Å². The van der Waals surface area contributed by atoms with Gasteiger partial charge in [0.1, 0.15) is 0 Å². The maximum Gasteiger partial charge on any atom is -0.0216 e. The Balaban J connectivity index is -0.000000123. The topological polar surface area (TPSA) is 0 Å². The second kappa shape index (κ2) is 21.5. The van der Waals surface area contributed by atoms with Gasteiger partial charge in [-0.15, -0.1) is 0 Å². The highest BCUT2D eigenvalue weighted by atomic mass is 14.1. The first-order chi connectivity index (χ1) is 8.25. The minimum atomic E-state index is 0. The Morgan fingerprint density at radius 1 is 0.833 bits per heavy atom. The maximum atomic E-state index is 2.24. The largest absolute Gasteiger partial charge is 0.0776 e. The highest BCUT2D eigenvalue weighted by Crippen LogP contribution is 2.18. The predicted molar refractivity (Wildman–Crippen MR) is 90.7 cm³/mol. The van der Waals surface area contributed by atoms with E-state index in [1.165, 1.54) is 11.1 Å². The lowest BCUT2D eigenvalue weighted by Gasteiger charge is -2.09. The van der Waals surface area contributed by atoms with Crippen LogP contribution in [0.3, 0.4) is 0 Å². The van der Waals surface area contributed by atoms with E-state index in [0.717, 1.165) is 6.42 Å². The standard InChI is InChI=1S/C11H16.3C2H6.CH4/c1-4-10-7-5-6-8-11(10)9(2)3;3*1-2;/h5-9H,4H2,1-3H3;3*1-2H3;1H4. The van der Waals surface area contributed by atoms with Crippen LogP contribution >= 0.6 is 0 Å². The lowest BCUT2D eigenvalue weighted by Crippen LogP contribution is -1.93. The van der Waals surface area contributed by atoms with Crippen LogP contribution in [-0.4, -0.2) is 0 Å². The molecule has 0 aliphatic rings. The number of benzene rings is 1. The fourth-order valence-corrected chi connectivity index (χ4v) is 1.42. The lowest BCUT2D eigenvalue weighted by atomic mass is 9.96. The highest BCUT2D eigenvalue weighted by molar-refractivity contribution is 5.29. The van der Waals surface area contributed by atoms with E-state index in [9.17, 15) is 0 Å². The zero-order chi connectivity index (χ0) is 14.3. The van der Waals surface area contributed by atoms with Crippen molar-refractivity contribution in [3.8, 4) is 0 Å². The fourth-order valence-electron chi connectivity index (χ4n) is 1.42. The molecule has 0 saturated heterocycles. The van der Waals surface area contributed by atoms with E-state index in [-0.39, 0.29) is 7.43 Å². The third kappa shape index (κ3) is 11.7. The molecule has 1 aromatic rings. The van der Waals surface area contributed by atoms with Gasteiger partial charge in [-0.2, -0.15) is 0 Å². The summed E-state index contributed by atoms with van der Waals surface area (Å²) in [7, 11) is 0. The van der Waals surface area contributed by atoms with Gasteiger partial charge >= 0.3 is 0 Å². The molecule has 1 rings (SSSR count). The van der Waals surface area contributed by atoms with Gasteiger partial charge < -0.3 is 0 Å². The van der Waals surface area contributed by atoms with E-state index in [1.807, 2.05) is 41.5 Å². The summed E-state index contributed by atoms with van der Waals surface area (Å²) in [5.74, 6) is 0.658. The van der Waals surface area contributed by atoms with Crippen LogP contribution in [0.15, 0.2) is 24.3 Å². The van der Waals surface area contributed by atoms with Crippen LogP contribution in [0.4, 0.5) is 0 Å². The third-order valence-corrected chi connectivity index (χ3v) is 2.06. The van der Waals surface area contributed by atoms with Gasteiger partial charge in [0, 0.05) is 0 Å². The molecule has 0 aliphatic carbocycles. The number of hydrogen-bond acceptors (Lipinski definition) is 0. The Hall–Kier alpha value is -0.780. The van der Waals surface area contributed by atoms with Gasteiger partial charge in [0.25, 0.3) is 0 Å². The lowest BCUT2D eigenvalue weighted by molar-refractivity contribution is 0.844. The van der Waals surface area contributed by atoms with Crippen LogP contribution in [0.5, 0.6) is 0 Å². The zero-order valence-electron chi connectivity index (χ0n) is 13.6. The molecule has 0 nitrogen and oxygen atoms in total. The molecule has 0 fully saturated rings. The molecule has 0 radical (unpaired) electrons. The van der Waals surface area contributed by atoms with Crippen LogP contribution in [0.2, 0.25) is 0 Å². The molecular formula is C18H38. The maximum absolute atomic E-state index is 2.24. The molecule has 0 N–H and O–H groups in total. The number of aryl methyl sites for hydroxylation is 1. The van der Waals surface area contributed by atoms with Gasteiger partial charge in [-0.1, -0.05) is 94.0 Å². The summed E-state index contributed by atoms with van der Waals surface area (Å²) in [6, 6.07) is 8.68. The van der Waals surface area contributed by atoms with Crippen molar-refractivity contribution in [1.82, 2.24) is 0 Å². The van der Waals surface area contributed by atoms with Crippen LogP contribution in [0.25, 0.3) is 0 Å². The van der Waals surface area contributed by atoms with Crippen LogP contribution in [0, 0.1) is 0 Å². The second-order valence-corrected chi connectivity index (χ2v) is 3.21. The van der Waals surface area contributed by atoms with Gasteiger partial charge in [0.05, 0.1) is 0 Å². The molecule has 0 saturated carbocycles. The molecule has 110 valence electrons. The van der Waals surface area contributed by atoms with Crippen LogP contribution in [-0.2, 0) is 6.42 Å². The summed E-state index contributed by atoms with van der Waals surface area (Å²) in [6.45, 7) is 18.7. The van der Waals surface area contributed by atoms with E-state index in [2.05, 4.69) is 45.0 Å². The number of rotatable bonds is 2. The molecule has 0 heteroatoms. The summed E-state index contributed by atoms with van der Waals surface area (Å²) < 4.78 is 0. The van der Waals surface area contributed by atoms with Crippen molar-refractivity contribution in [1.29, 1.82) is 0 Å². The van der Waals surface area contributed by atoms with Crippen LogP contribution in [0.1, 0.15) is 86.8 Å². The smallest absolute Gasteiger partial charge is 0.0216 e. The first kappa shape index (κ1) is 25.9. The van der Waals surface area contributed by atoms with Crippen molar-refractivity contribution in [3.63, 3.8) is 0 Å². The van der Waals surface area contributed by atoms with E-state index >= 15 is 0 Å². The van der Waals surface area contributed by atoms with E-state index < -0.39 is 0 Å². The Kier molecular flexibility index (Phi) is 31.0. The molecule has 0 atom stereocenters. The van der Waals surface area contributed by atoms with Crippen molar-refractivity contribution in [3.05, 3.63) is 35.4 Å². The average Bonchev–Trinajstić information content (AvgIpc) is 2.45. The molecule has 18 heavy (non-hydrogen) atoms. The van der Waals surface area contributed by atoms with Crippen molar-refractivity contribution in [2.45, 2.75) is 82.1 Å². The minimum Gasteiger partial charge on any atom is -0.0776 e. The Labute approximate surface area is 118 Å². The molecule has 0 unspecified atom stereocenters. The molecule has 0 amide bonds. The van der Waals surface area contributed by atoms with Crippen molar-refractivity contribution < 1.29 is 0 Å². The van der Waals surface area contributed by atoms with E-state index in [4.69, 9.17) is 0 Å². The first-order valence-corrected chi connectivity index (χ1v) is 7.33. The Morgan fingerprint density at radius 3 is 1.50 bits per heavy atom. The monoisotopic (exact) mass is 254 g/mol. The molecule has 0 bridgehead atoms. The van der Waals surface area contributed by atoms with Crippen molar-refractivity contribution in [2.24, 2.45) is 0 Å². The summed E-state index contributed by atoms with van der Waals surface area (Å²) in [5.41, 5.74) is 2.98. The minimum absolute atomic E-state index is 0. The summed E-state index contributed by atoms with van der Waals surface area (Å²) in [6.07, 6.45) is 1.15. The predicted octanol–water partition coefficient (Wildman–Crippen LogP) is 7.09. The highest BCUT2D eigenvalue weighted by Gasteiger charge is 2.02. The summed E-state index contributed by atoms with van der Waals surface area (Å²) in [5, 5.41) is 0. The summed E-state index contributed by atoms with van der Waals surface area (Å²) >= 11 is 0. The molecule has 1 aromatic carbocycles. The summed E-state index contributed by atoms with van der Waals surface area (Å²) in [4.78, 5) is 0. The van der Waals surface area contributed by atoms with Gasteiger partial charge in [0.15, 0.2) is 0 Å². The Morgan fingerprint density at radius 2 is 1.22 bits per heavy atom. The van der Waals surface area contributed by atoms with Gasteiger partial charge in [-0.3, -0.25) is 0 Å². The molecule has 0 aliphatic heterocycles. The SMILES string of the molecule is C.CC.CC.CC.CCc1ccccc1C(C)C. The van der Waals surface area contributed by atoms with Gasteiger partial charge in [-0.05, 0) is 23.5 Å².